The topological polar surface area (TPSA) is 66.9 Å². The minimum atomic E-state index is -0.334. The molecule has 2 N–H and O–H groups in total. The molecule has 0 aromatic heterocycles. The van der Waals surface area contributed by atoms with Crippen LogP contribution in [-0.2, 0) is 0 Å². The highest BCUT2D eigenvalue weighted by atomic mass is 79.9. The molecule has 0 amide bonds. The molecule has 0 saturated carbocycles. The number of Topliss-reactive ketones (excluding diaryl/α,β-unsaturated/α-hetero) is 1. The molecular weight excluding hydrogens is 244 g/mol. The number of hydrogen-bond donors (Lipinski definition) is 1. The molecule has 0 spiro atoms. The molecule has 0 fully saturated rings. The SMILES string of the molecule is CC(Br)C(=O)c1c(N)cccc1C#N. The first-order valence-corrected chi connectivity index (χ1v) is 4.96. The molecule has 0 aliphatic heterocycles. The van der Waals surface area contributed by atoms with E-state index in [1.807, 2.05) is 6.07 Å². The maximum Gasteiger partial charge on any atom is 0.179 e. The summed E-state index contributed by atoms with van der Waals surface area (Å²) in [6, 6.07) is 6.80. The number of carbonyl (C=O) groups is 1. The van der Waals surface area contributed by atoms with E-state index in [1.54, 1.807) is 25.1 Å². The molecule has 1 aromatic rings. The molecule has 1 unspecified atom stereocenters. The van der Waals surface area contributed by atoms with Crippen LogP contribution in [0.2, 0.25) is 0 Å². The van der Waals surface area contributed by atoms with Crippen molar-refractivity contribution < 1.29 is 4.79 Å². The van der Waals surface area contributed by atoms with Crippen LogP contribution in [0, 0.1) is 11.3 Å². The Labute approximate surface area is 90.7 Å². The van der Waals surface area contributed by atoms with Crippen molar-refractivity contribution in [1.29, 1.82) is 5.26 Å². The zero-order valence-electron chi connectivity index (χ0n) is 7.62. The summed E-state index contributed by atoms with van der Waals surface area (Å²) in [6.45, 7) is 1.70. The predicted molar refractivity (Wildman–Crippen MR) is 58.3 cm³/mol. The van der Waals surface area contributed by atoms with Gasteiger partial charge in [-0.3, -0.25) is 4.79 Å². The number of carbonyl (C=O) groups excluding carboxylic acids is 1. The first kappa shape index (κ1) is 10.7. The van der Waals surface area contributed by atoms with Gasteiger partial charge in [0.25, 0.3) is 0 Å². The Morgan fingerprint density at radius 2 is 2.29 bits per heavy atom. The van der Waals surface area contributed by atoms with Gasteiger partial charge in [0.15, 0.2) is 5.78 Å². The molecule has 1 atom stereocenters. The van der Waals surface area contributed by atoms with Crippen LogP contribution in [0.25, 0.3) is 0 Å². The number of nitrogens with two attached hydrogens (primary N) is 1. The number of nitrogens with zero attached hydrogens (tertiary/aromatic N) is 1. The minimum Gasteiger partial charge on any atom is -0.398 e. The van der Waals surface area contributed by atoms with Gasteiger partial charge in [-0.15, -0.1) is 0 Å². The van der Waals surface area contributed by atoms with E-state index in [1.165, 1.54) is 0 Å². The summed E-state index contributed by atoms with van der Waals surface area (Å²) in [7, 11) is 0. The van der Waals surface area contributed by atoms with Crippen LogP contribution in [0.5, 0.6) is 0 Å². The van der Waals surface area contributed by atoms with Crippen LogP contribution in [0.4, 0.5) is 5.69 Å². The third kappa shape index (κ3) is 1.94. The third-order valence-corrected chi connectivity index (χ3v) is 2.24. The summed E-state index contributed by atoms with van der Waals surface area (Å²) >= 11 is 3.16. The van der Waals surface area contributed by atoms with Gasteiger partial charge in [0.1, 0.15) is 0 Å². The smallest absolute Gasteiger partial charge is 0.179 e. The van der Waals surface area contributed by atoms with E-state index in [0.717, 1.165) is 0 Å². The van der Waals surface area contributed by atoms with E-state index in [2.05, 4.69) is 15.9 Å². The van der Waals surface area contributed by atoms with Gasteiger partial charge >= 0.3 is 0 Å². The van der Waals surface area contributed by atoms with Gasteiger partial charge in [0.2, 0.25) is 0 Å². The lowest BCUT2D eigenvalue weighted by molar-refractivity contribution is 0.0996. The molecule has 3 nitrogen and oxygen atoms in total. The van der Waals surface area contributed by atoms with Crippen molar-refractivity contribution in [3.63, 3.8) is 0 Å². The molecule has 14 heavy (non-hydrogen) atoms. The summed E-state index contributed by atoms with van der Waals surface area (Å²) in [6.07, 6.45) is 0. The molecule has 0 saturated heterocycles. The third-order valence-electron chi connectivity index (χ3n) is 1.82. The largest absolute Gasteiger partial charge is 0.398 e. The number of nitriles is 1. The molecule has 0 heterocycles. The van der Waals surface area contributed by atoms with Gasteiger partial charge in [-0.2, -0.15) is 5.26 Å². The average Bonchev–Trinajstić information content (AvgIpc) is 2.16. The van der Waals surface area contributed by atoms with Gasteiger partial charge in [-0.1, -0.05) is 22.0 Å². The standard InChI is InChI=1S/C10H9BrN2O/c1-6(11)10(14)9-7(5-12)3-2-4-8(9)13/h2-4,6H,13H2,1H3. The van der Waals surface area contributed by atoms with Gasteiger partial charge in [0, 0.05) is 5.69 Å². The quantitative estimate of drug-likeness (QED) is 0.498. The van der Waals surface area contributed by atoms with Crippen LogP contribution in [0.15, 0.2) is 18.2 Å². The number of benzene rings is 1. The van der Waals surface area contributed by atoms with Crippen LogP contribution in [0.3, 0.4) is 0 Å². The van der Waals surface area contributed by atoms with Crippen molar-refractivity contribution in [1.82, 2.24) is 0 Å². The Balaban J connectivity index is 3.33. The molecular formula is C10H9BrN2O. The minimum absolute atomic E-state index is 0.167. The van der Waals surface area contributed by atoms with E-state index < -0.39 is 0 Å². The molecule has 4 heteroatoms. The number of halogens is 1. The number of anilines is 1. The fourth-order valence-corrected chi connectivity index (χ4v) is 1.37. The van der Waals surface area contributed by atoms with Crippen molar-refractivity contribution in [3.8, 4) is 6.07 Å². The molecule has 0 aliphatic rings. The lowest BCUT2D eigenvalue weighted by Crippen LogP contribution is -2.14. The number of hydrogen-bond acceptors (Lipinski definition) is 3. The maximum atomic E-state index is 11.7. The molecule has 0 radical (unpaired) electrons. The molecule has 1 aromatic carbocycles. The summed E-state index contributed by atoms with van der Waals surface area (Å²) in [4.78, 5) is 11.3. The number of alkyl halides is 1. The van der Waals surface area contributed by atoms with Crippen molar-refractivity contribution in [3.05, 3.63) is 29.3 Å². The summed E-state index contributed by atoms with van der Waals surface area (Å²) < 4.78 is 0. The Kier molecular flexibility index (Phi) is 3.26. The van der Waals surface area contributed by atoms with Crippen molar-refractivity contribution in [2.24, 2.45) is 0 Å². The normalized spacial score (nSPS) is 11.8. The van der Waals surface area contributed by atoms with Crippen LogP contribution >= 0.6 is 15.9 Å². The second-order valence-electron chi connectivity index (χ2n) is 2.86. The average molecular weight is 253 g/mol. The first-order valence-electron chi connectivity index (χ1n) is 4.04. The van der Waals surface area contributed by atoms with Crippen LogP contribution < -0.4 is 5.73 Å². The van der Waals surface area contributed by atoms with Crippen LogP contribution in [0.1, 0.15) is 22.8 Å². The molecule has 0 bridgehead atoms. The zero-order chi connectivity index (χ0) is 10.7. The summed E-state index contributed by atoms with van der Waals surface area (Å²) in [5, 5.41) is 8.80. The highest BCUT2D eigenvalue weighted by Gasteiger charge is 2.18. The van der Waals surface area contributed by atoms with Gasteiger partial charge in [0.05, 0.1) is 22.0 Å². The summed E-state index contributed by atoms with van der Waals surface area (Å²) in [5.41, 5.74) is 6.62. The summed E-state index contributed by atoms with van der Waals surface area (Å²) in [5.74, 6) is -0.167. The van der Waals surface area contributed by atoms with Crippen molar-refractivity contribution >= 4 is 27.4 Å². The lowest BCUT2D eigenvalue weighted by atomic mass is 10.0. The second kappa shape index (κ2) is 4.25. The van der Waals surface area contributed by atoms with Gasteiger partial charge < -0.3 is 5.73 Å². The van der Waals surface area contributed by atoms with E-state index in [0.29, 0.717) is 16.8 Å². The Hall–Kier alpha value is -1.34. The fourth-order valence-electron chi connectivity index (χ4n) is 1.14. The fraction of sp³-hybridized carbons (Fsp3) is 0.200. The van der Waals surface area contributed by atoms with E-state index in [4.69, 9.17) is 11.0 Å². The van der Waals surface area contributed by atoms with Crippen molar-refractivity contribution in [2.45, 2.75) is 11.8 Å². The molecule has 72 valence electrons. The van der Waals surface area contributed by atoms with Gasteiger partial charge in [-0.05, 0) is 19.1 Å². The number of nitrogen functional groups attached to an aromatic ring is 1. The predicted octanol–water partition coefficient (Wildman–Crippen LogP) is 2.11. The first-order chi connectivity index (χ1) is 6.57. The van der Waals surface area contributed by atoms with E-state index >= 15 is 0 Å². The van der Waals surface area contributed by atoms with Crippen molar-refractivity contribution in [2.75, 3.05) is 5.73 Å². The Bertz CT molecular complexity index is 407. The Morgan fingerprint density at radius 3 is 2.79 bits per heavy atom. The number of ketones is 1. The monoisotopic (exact) mass is 252 g/mol. The van der Waals surface area contributed by atoms with Crippen LogP contribution in [-0.4, -0.2) is 10.6 Å². The molecule has 1 rings (SSSR count). The zero-order valence-corrected chi connectivity index (χ0v) is 9.21. The van der Waals surface area contributed by atoms with E-state index in [9.17, 15) is 4.79 Å². The van der Waals surface area contributed by atoms with E-state index in [-0.39, 0.29) is 10.6 Å². The van der Waals surface area contributed by atoms with Gasteiger partial charge in [-0.25, -0.2) is 0 Å². The molecule has 0 aliphatic carbocycles. The highest BCUT2D eigenvalue weighted by molar-refractivity contribution is 9.10. The number of rotatable bonds is 2. The highest BCUT2D eigenvalue weighted by Crippen LogP contribution is 2.20. The lowest BCUT2D eigenvalue weighted by Gasteiger charge is -2.07. The maximum absolute atomic E-state index is 11.7. The second-order valence-corrected chi connectivity index (χ2v) is 4.24. The Morgan fingerprint density at radius 1 is 1.64 bits per heavy atom.